The topological polar surface area (TPSA) is 94.3 Å². The van der Waals surface area contributed by atoms with Gasteiger partial charge in [-0.25, -0.2) is 0 Å². The van der Waals surface area contributed by atoms with Gasteiger partial charge in [-0.2, -0.15) is 0 Å². The molecule has 2 aliphatic heterocycles. The first-order chi connectivity index (χ1) is 14.0. The highest BCUT2D eigenvalue weighted by atomic mass is 16.5. The van der Waals surface area contributed by atoms with Crippen LogP contribution in [0.1, 0.15) is 18.4 Å². The second-order valence-corrected chi connectivity index (χ2v) is 7.26. The Hall–Kier alpha value is -2.58. The molecular formula is C21H29N3O5. The first-order valence-electron chi connectivity index (χ1n) is 9.95. The van der Waals surface area contributed by atoms with Crippen molar-refractivity contribution in [3.63, 3.8) is 0 Å². The molecule has 2 N–H and O–H groups in total. The fraction of sp³-hybridized carbons (Fsp3) is 0.524. The van der Waals surface area contributed by atoms with E-state index in [-0.39, 0.29) is 12.5 Å². The summed E-state index contributed by atoms with van der Waals surface area (Å²) in [6, 6.07) is 5.23. The van der Waals surface area contributed by atoms with Crippen molar-refractivity contribution in [2.24, 2.45) is 5.73 Å². The molecule has 0 aliphatic carbocycles. The van der Waals surface area contributed by atoms with E-state index in [4.69, 9.17) is 19.9 Å². The summed E-state index contributed by atoms with van der Waals surface area (Å²) in [6.45, 7) is 4.80. The number of primary amides is 1. The predicted octanol–water partition coefficient (Wildman–Crippen LogP) is 0.896. The van der Waals surface area contributed by atoms with E-state index in [0.717, 1.165) is 57.7 Å². The van der Waals surface area contributed by atoms with E-state index < -0.39 is 5.91 Å². The fourth-order valence-electron chi connectivity index (χ4n) is 3.56. The van der Waals surface area contributed by atoms with Gasteiger partial charge in [0.1, 0.15) is 0 Å². The van der Waals surface area contributed by atoms with Gasteiger partial charge in [-0.3, -0.25) is 14.5 Å². The van der Waals surface area contributed by atoms with E-state index in [1.54, 1.807) is 30.4 Å². The summed E-state index contributed by atoms with van der Waals surface area (Å²) in [4.78, 5) is 27.6. The highest BCUT2D eigenvalue weighted by Gasteiger charge is 2.24. The van der Waals surface area contributed by atoms with Gasteiger partial charge in [0.05, 0.1) is 13.2 Å². The van der Waals surface area contributed by atoms with Gasteiger partial charge in [0.25, 0.3) is 5.91 Å². The molecular weight excluding hydrogens is 374 g/mol. The number of piperazine rings is 1. The maximum absolute atomic E-state index is 12.5. The van der Waals surface area contributed by atoms with Crippen molar-refractivity contribution in [3.05, 3.63) is 29.8 Å². The maximum Gasteiger partial charge on any atom is 0.255 e. The van der Waals surface area contributed by atoms with E-state index in [9.17, 15) is 9.59 Å². The average molecular weight is 403 g/mol. The Balaban J connectivity index is 1.50. The van der Waals surface area contributed by atoms with Crippen LogP contribution in [0.5, 0.6) is 11.5 Å². The number of hydrogen-bond donors (Lipinski definition) is 1. The molecule has 8 heteroatoms. The van der Waals surface area contributed by atoms with Gasteiger partial charge in [-0.15, -0.1) is 0 Å². The molecule has 0 spiro atoms. The number of carbonyl (C=O) groups is 2. The van der Waals surface area contributed by atoms with Crippen LogP contribution in [0.4, 0.5) is 0 Å². The standard InChI is InChI=1S/C21H29N3O5/c1-27-19-13-16(4-6-18(19)29-15-20(22)25)5-7-21(26)24-10-8-23(9-11-24)14-17-3-2-12-28-17/h4-7,13,17H,2-3,8-12,14-15H2,1H3,(H2,22,25)/b7-5+. The number of amides is 2. The van der Waals surface area contributed by atoms with Gasteiger partial charge >= 0.3 is 0 Å². The average Bonchev–Trinajstić information content (AvgIpc) is 3.24. The summed E-state index contributed by atoms with van der Waals surface area (Å²) < 4.78 is 16.3. The van der Waals surface area contributed by atoms with Crippen molar-refractivity contribution in [2.45, 2.75) is 18.9 Å². The largest absolute Gasteiger partial charge is 0.493 e. The van der Waals surface area contributed by atoms with Crippen molar-refractivity contribution < 1.29 is 23.8 Å². The highest BCUT2D eigenvalue weighted by molar-refractivity contribution is 5.92. The molecule has 158 valence electrons. The summed E-state index contributed by atoms with van der Waals surface area (Å²) in [7, 11) is 1.52. The molecule has 1 aromatic rings. The third kappa shape index (κ3) is 6.20. The van der Waals surface area contributed by atoms with E-state index in [0.29, 0.717) is 17.6 Å². The van der Waals surface area contributed by atoms with E-state index >= 15 is 0 Å². The van der Waals surface area contributed by atoms with Crippen LogP contribution in [0.15, 0.2) is 24.3 Å². The number of methoxy groups -OCH3 is 1. The van der Waals surface area contributed by atoms with E-state index in [1.807, 2.05) is 4.90 Å². The molecule has 29 heavy (non-hydrogen) atoms. The second-order valence-electron chi connectivity index (χ2n) is 7.26. The molecule has 2 amide bonds. The van der Waals surface area contributed by atoms with Crippen LogP contribution in [0, 0.1) is 0 Å². The number of rotatable bonds is 8. The summed E-state index contributed by atoms with van der Waals surface area (Å²) in [5.74, 6) is 0.341. The Morgan fingerprint density at radius 2 is 2.03 bits per heavy atom. The minimum atomic E-state index is -0.558. The first kappa shape index (κ1) is 21.1. The van der Waals surface area contributed by atoms with Gasteiger partial charge in [0, 0.05) is 45.4 Å². The van der Waals surface area contributed by atoms with Crippen molar-refractivity contribution in [2.75, 3.05) is 53.0 Å². The summed E-state index contributed by atoms with van der Waals surface area (Å²) >= 11 is 0. The number of ether oxygens (including phenoxy) is 3. The molecule has 2 heterocycles. The van der Waals surface area contributed by atoms with Crippen LogP contribution in [-0.2, 0) is 14.3 Å². The van der Waals surface area contributed by atoms with Crippen LogP contribution in [0.2, 0.25) is 0 Å². The van der Waals surface area contributed by atoms with Gasteiger partial charge in [0.2, 0.25) is 5.91 Å². The first-order valence-corrected chi connectivity index (χ1v) is 9.95. The maximum atomic E-state index is 12.5. The quantitative estimate of drug-likeness (QED) is 0.648. The molecule has 1 atom stereocenters. The molecule has 0 saturated carbocycles. The lowest BCUT2D eigenvalue weighted by Crippen LogP contribution is -2.50. The fourth-order valence-corrected chi connectivity index (χ4v) is 3.56. The number of benzene rings is 1. The number of nitrogens with zero attached hydrogens (tertiary/aromatic N) is 2. The van der Waals surface area contributed by atoms with Crippen LogP contribution in [0.25, 0.3) is 6.08 Å². The lowest BCUT2D eigenvalue weighted by atomic mass is 10.1. The SMILES string of the molecule is COc1cc(/C=C/C(=O)N2CCN(CC3CCCO3)CC2)ccc1OCC(N)=O. The Bertz CT molecular complexity index is 738. The normalized spacial score (nSPS) is 20.2. The van der Waals surface area contributed by atoms with Crippen LogP contribution >= 0.6 is 0 Å². The summed E-state index contributed by atoms with van der Waals surface area (Å²) in [5.41, 5.74) is 5.90. The Labute approximate surface area is 171 Å². The van der Waals surface area contributed by atoms with Gasteiger partial charge < -0.3 is 24.8 Å². The van der Waals surface area contributed by atoms with Crippen molar-refractivity contribution in [1.82, 2.24) is 9.80 Å². The Morgan fingerprint density at radius 1 is 1.24 bits per heavy atom. The Morgan fingerprint density at radius 3 is 2.69 bits per heavy atom. The monoisotopic (exact) mass is 403 g/mol. The van der Waals surface area contributed by atoms with E-state index in [1.165, 1.54) is 7.11 Å². The molecule has 8 nitrogen and oxygen atoms in total. The van der Waals surface area contributed by atoms with Gasteiger partial charge in [-0.1, -0.05) is 6.07 Å². The molecule has 0 bridgehead atoms. The smallest absolute Gasteiger partial charge is 0.255 e. The van der Waals surface area contributed by atoms with E-state index in [2.05, 4.69) is 4.90 Å². The molecule has 2 saturated heterocycles. The zero-order valence-electron chi connectivity index (χ0n) is 16.8. The van der Waals surface area contributed by atoms with Crippen molar-refractivity contribution in [3.8, 4) is 11.5 Å². The Kier molecular flexibility index (Phi) is 7.48. The minimum absolute atomic E-state index is 0.00483. The molecule has 0 radical (unpaired) electrons. The van der Waals surface area contributed by atoms with Crippen LogP contribution in [-0.4, -0.2) is 80.8 Å². The zero-order chi connectivity index (χ0) is 20.6. The third-order valence-electron chi connectivity index (χ3n) is 5.15. The summed E-state index contributed by atoms with van der Waals surface area (Å²) in [6.07, 6.45) is 5.96. The molecule has 2 fully saturated rings. The zero-order valence-corrected chi connectivity index (χ0v) is 16.8. The third-order valence-corrected chi connectivity index (χ3v) is 5.15. The lowest BCUT2D eigenvalue weighted by molar-refractivity contribution is -0.127. The van der Waals surface area contributed by atoms with Crippen molar-refractivity contribution >= 4 is 17.9 Å². The molecule has 1 unspecified atom stereocenters. The van der Waals surface area contributed by atoms with Gasteiger partial charge in [0.15, 0.2) is 18.1 Å². The van der Waals surface area contributed by atoms with Crippen LogP contribution < -0.4 is 15.2 Å². The molecule has 2 aliphatic rings. The molecule has 0 aromatic heterocycles. The number of hydrogen-bond acceptors (Lipinski definition) is 6. The molecule has 3 rings (SSSR count). The molecule has 1 aromatic carbocycles. The number of nitrogens with two attached hydrogens (primary N) is 1. The van der Waals surface area contributed by atoms with Crippen molar-refractivity contribution in [1.29, 1.82) is 0 Å². The number of carbonyl (C=O) groups excluding carboxylic acids is 2. The minimum Gasteiger partial charge on any atom is -0.493 e. The summed E-state index contributed by atoms with van der Waals surface area (Å²) in [5, 5.41) is 0. The van der Waals surface area contributed by atoms with Crippen LogP contribution in [0.3, 0.4) is 0 Å². The predicted molar refractivity (Wildman–Crippen MR) is 109 cm³/mol. The second kappa shape index (κ2) is 10.3. The van der Waals surface area contributed by atoms with Gasteiger partial charge in [-0.05, 0) is 36.6 Å². The highest BCUT2D eigenvalue weighted by Crippen LogP contribution is 2.28. The lowest BCUT2D eigenvalue weighted by Gasteiger charge is -2.35.